The zero-order chi connectivity index (χ0) is 19.6. The first-order valence-corrected chi connectivity index (χ1v) is 10.6. The molecule has 0 bridgehead atoms. The van der Waals surface area contributed by atoms with Crippen molar-refractivity contribution in [3.05, 3.63) is 28.7 Å². The van der Waals surface area contributed by atoms with Crippen molar-refractivity contribution in [2.45, 2.75) is 57.0 Å². The molecule has 1 aliphatic rings. The second-order valence-electron chi connectivity index (χ2n) is 6.88. The lowest BCUT2D eigenvalue weighted by molar-refractivity contribution is -0.143. The fourth-order valence-corrected chi connectivity index (χ4v) is 4.85. The molecule has 9 heteroatoms. The van der Waals surface area contributed by atoms with Gasteiger partial charge in [-0.25, -0.2) is 17.9 Å². The Hall–Kier alpha value is -2.13. The molecule has 0 amide bonds. The maximum absolute atomic E-state index is 12.7. The Balaban J connectivity index is 1.88. The van der Waals surface area contributed by atoms with E-state index in [1.165, 1.54) is 18.2 Å². The Morgan fingerprint density at radius 1 is 1.33 bits per heavy atom. The van der Waals surface area contributed by atoms with E-state index >= 15 is 0 Å². The van der Waals surface area contributed by atoms with Crippen LogP contribution in [0, 0.1) is 5.92 Å². The lowest BCUT2D eigenvalue weighted by Crippen LogP contribution is -2.40. The first kappa shape index (κ1) is 19.6. The van der Waals surface area contributed by atoms with Crippen LogP contribution in [0.25, 0.3) is 11.1 Å². The zero-order valence-electron chi connectivity index (χ0n) is 15.4. The number of fused-ring (bicyclic) bond motifs is 1. The van der Waals surface area contributed by atoms with Crippen LogP contribution >= 0.6 is 0 Å². The molecule has 0 radical (unpaired) electrons. The van der Waals surface area contributed by atoms with Crippen molar-refractivity contribution >= 4 is 27.1 Å². The normalized spacial score (nSPS) is 20.7. The number of hydrogen-bond acceptors (Lipinski definition) is 6. The van der Waals surface area contributed by atoms with Crippen LogP contribution in [0.2, 0.25) is 0 Å². The van der Waals surface area contributed by atoms with E-state index in [0.29, 0.717) is 5.52 Å². The number of rotatable bonds is 6. The number of carbonyl (C=O) groups excluding carboxylic acids is 1. The molecule has 2 aromatic rings. The molecule has 1 aromatic heterocycles. The van der Waals surface area contributed by atoms with Crippen LogP contribution in [0.4, 0.5) is 0 Å². The molecule has 27 heavy (non-hydrogen) atoms. The number of benzene rings is 1. The van der Waals surface area contributed by atoms with Crippen LogP contribution in [0.15, 0.2) is 32.3 Å². The summed E-state index contributed by atoms with van der Waals surface area (Å²) in [5, 5.41) is 0. The summed E-state index contributed by atoms with van der Waals surface area (Å²) in [6.07, 6.45) is 3.93. The Morgan fingerprint density at radius 3 is 2.78 bits per heavy atom. The number of esters is 1. The lowest BCUT2D eigenvalue weighted by Gasteiger charge is -2.29. The van der Waals surface area contributed by atoms with Gasteiger partial charge in [0.1, 0.15) is 6.54 Å². The second-order valence-corrected chi connectivity index (χ2v) is 8.59. The zero-order valence-corrected chi connectivity index (χ0v) is 16.3. The van der Waals surface area contributed by atoms with Gasteiger partial charge in [-0.1, -0.05) is 19.8 Å². The molecule has 1 N–H and O–H groups in total. The fraction of sp³-hybridized carbons (Fsp3) is 0.556. The van der Waals surface area contributed by atoms with Gasteiger partial charge in [0, 0.05) is 12.1 Å². The number of ether oxygens (including phenoxy) is 1. The van der Waals surface area contributed by atoms with Gasteiger partial charge in [0.05, 0.1) is 17.0 Å². The predicted octanol–water partition coefficient (Wildman–Crippen LogP) is 2.01. The van der Waals surface area contributed by atoms with Gasteiger partial charge in [-0.15, -0.1) is 0 Å². The molecule has 1 fully saturated rings. The van der Waals surface area contributed by atoms with Gasteiger partial charge in [-0.2, -0.15) is 0 Å². The van der Waals surface area contributed by atoms with Crippen LogP contribution in [0.1, 0.15) is 39.5 Å². The van der Waals surface area contributed by atoms with E-state index in [4.69, 9.17) is 9.15 Å². The van der Waals surface area contributed by atoms with E-state index in [1.807, 2.05) is 6.92 Å². The first-order chi connectivity index (χ1) is 12.8. The smallest absolute Gasteiger partial charge is 0.420 e. The van der Waals surface area contributed by atoms with Crippen molar-refractivity contribution in [1.29, 1.82) is 0 Å². The number of sulfonamides is 1. The molecule has 1 heterocycles. The van der Waals surface area contributed by atoms with Crippen LogP contribution in [0.5, 0.6) is 0 Å². The minimum atomic E-state index is -3.73. The van der Waals surface area contributed by atoms with Crippen LogP contribution in [-0.2, 0) is 26.1 Å². The standard InChI is InChI=1S/C18H24N2O6S/c1-3-25-17(21)11-20-15-9-8-13(10-16(15)26-18(20)22)27(23,24)19-14-7-5-4-6-12(14)2/h8-10,12,14,19H,3-7,11H2,1-2H3/t12-,14+/m1/s1. The number of aromatic nitrogens is 1. The first-order valence-electron chi connectivity index (χ1n) is 9.13. The van der Waals surface area contributed by atoms with E-state index in [9.17, 15) is 18.0 Å². The topological polar surface area (TPSA) is 108 Å². The van der Waals surface area contributed by atoms with Gasteiger partial charge in [0.15, 0.2) is 5.58 Å². The Bertz CT molecular complexity index is 991. The minimum Gasteiger partial charge on any atom is -0.465 e. The number of hydrogen-bond donors (Lipinski definition) is 1. The van der Waals surface area contributed by atoms with Crippen molar-refractivity contribution < 1.29 is 22.4 Å². The van der Waals surface area contributed by atoms with E-state index in [-0.39, 0.29) is 35.6 Å². The predicted molar refractivity (Wildman–Crippen MR) is 98.8 cm³/mol. The third kappa shape index (κ3) is 4.24. The molecular formula is C18H24N2O6S. The summed E-state index contributed by atoms with van der Waals surface area (Å²) >= 11 is 0. The minimum absolute atomic E-state index is 0.0322. The molecule has 2 atom stereocenters. The maximum atomic E-state index is 12.7. The van der Waals surface area contributed by atoms with Crippen LogP contribution < -0.4 is 10.5 Å². The van der Waals surface area contributed by atoms with Gasteiger partial charge in [-0.05, 0) is 37.8 Å². The molecule has 1 aliphatic carbocycles. The van der Waals surface area contributed by atoms with Gasteiger partial charge < -0.3 is 9.15 Å². The molecule has 1 saturated carbocycles. The molecule has 1 aromatic carbocycles. The SMILES string of the molecule is CCOC(=O)Cn1c(=O)oc2cc(S(=O)(=O)N[C@H]3CCCC[C@H]3C)ccc21. The quantitative estimate of drug-likeness (QED) is 0.749. The highest BCUT2D eigenvalue weighted by Crippen LogP contribution is 2.26. The maximum Gasteiger partial charge on any atom is 0.420 e. The summed E-state index contributed by atoms with van der Waals surface area (Å²) in [6, 6.07) is 4.10. The van der Waals surface area contributed by atoms with Crippen molar-refractivity contribution in [3.63, 3.8) is 0 Å². The number of oxazole rings is 1. The van der Waals surface area contributed by atoms with Gasteiger partial charge in [0.25, 0.3) is 0 Å². The highest BCUT2D eigenvalue weighted by Gasteiger charge is 2.27. The van der Waals surface area contributed by atoms with E-state index in [2.05, 4.69) is 4.72 Å². The third-order valence-electron chi connectivity index (χ3n) is 4.96. The third-order valence-corrected chi connectivity index (χ3v) is 6.45. The van der Waals surface area contributed by atoms with E-state index in [0.717, 1.165) is 30.3 Å². The number of nitrogens with one attached hydrogen (secondary N) is 1. The molecule has 8 nitrogen and oxygen atoms in total. The summed E-state index contributed by atoms with van der Waals surface area (Å²) in [5.41, 5.74) is 0.460. The van der Waals surface area contributed by atoms with E-state index < -0.39 is 21.7 Å². The summed E-state index contributed by atoms with van der Waals surface area (Å²) in [6.45, 7) is 3.64. The molecule has 0 unspecified atom stereocenters. The second kappa shape index (κ2) is 7.85. The highest BCUT2D eigenvalue weighted by atomic mass is 32.2. The van der Waals surface area contributed by atoms with Gasteiger partial charge >= 0.3 is 11.7 Å². The van der Waals surface area contributed by atoms with E-state index in [1.54, 1.807) is 6.92 Å². The summed E-state index contributed by atoms with van der Waals surface area (Å²) in [7, 11) is -3.73. The number of nitrogens with zero attached hydrogens (tertiary/aromatic N) is 1. The largest absolute Gasteiger partial charge is 0.465 e. The van der Waals surface area contributed by atoms with Gasteiger partial charge in [0.2, 0.25) is 10.0 Å². The molecule has 148 valence electrons. The molecule has 3 rings (SSSR count). The fourth-order valence-electron chi connectivity index (χ4n) is 3.46. The Kier molecular flexibility index (Phi) is 5.71. The molecule has 0 saturated heterocycles. The number of carbonyl (C=O) groups is 1. The average molecular weight is 396 g/mol. The Labute approximate surface area is 157 Å². The summed E-state index contributed by atoms with van der Waals surface area (Å²) < 4.78 is 39.3. The monoisotopic (exact) mass is 396 g/mol. The summed E-state index contributed by atoms with van der Waals surface area (Å²) in [4.78, 5) is 23.7. The van der Waals surface area contributed by atoms with Crippen molar-refractivity contribution in [1.82, 2.24) is 9.29 Å². The van der Waals surface area contributed by atoms with Crippen molar-refractivity contribution in [3.8, 4) is 0 Å². The lowest BCUT2D eigenvalue weighted by atomic mass is 9.87. The molecule has 0 spiro atoms. The van der Waals surface area contributed by atoms with Gasteiger partial charge in [-0.3, -0.25) is 9.36 Å². The van der Waals surface area contributed by atoms with Crippen molar-refractivity contribution in [2.24, 2.45) is 5.92 Å². The van der Waals surface area contributed by atoms with Crippen molar-refractivity contribution in [2.75, 3.05) is 6.61 Å². The van der Waals surface area contributed by atoms with Crippen LogP contribution in [-0.4, -0.2) is 31.6 Å². The molecular weight excluding hydrogens is 372 g/mol. The summed E-state index contributed by atoms with van der Waals surface area (Å²) in [5.74, 6) is -1.02. The Morgan fingerprint density at radius 2 is 2.07 bits per heavy atom. The van der Waals surface area contributed by atoms with Crippen LogP contribution in [0.3, 0.4) is 0 Å². The average Bonchev–Trinajstić information content (AvgIpc) is 2.92. The molecule has 0 aliphatic heterocycles. The highest BCUT2D eigenvalue weighted by molar-refractivity contribution is 7.89.